The van der Waals surface area contributed by atoms with Gasteiger partial charge in [-0.3, -0.25) is 0 Å². The summed E-state index contributed by atoms with van der Waals surface area (Å²) in [6.07, 6.45) is 3.44. The molecule has 0 N–H and O–H groups in total. The fraction of sp³-hybridized carbons (Fsp3) is 0.600. The van der Waals surface area contributed by atoms with Crippen LogP contribution in [-0.2, 0) is 30.8 Å². The molecule has 0 saturated carbocycles. The van der Waals surface area contributed by atoms with Crippen molar-refractivity contribution in [3.05, 3.63) is 49.2 Å². The molecule has 1 rings (SSSR count). The zero-order valence-corrected chi connectivity index (χ0v) is 20.5. The van der Waals surface area contributed by atoms with Gasteiger partial charge in [0.2, 0.25) is 0 Å². The van der Waals surface area contributed by atoms with Crippen molar-refractivity contribution in [3.8, 4) is 0 Å². The van der Waals surface area contributed by atoms with Crippen molar-refractivity contribution >= 4 is 0 Å². The smallest absolute Gasteiger partial charge is 0.123 e. The van der Waals surface area contributed by atoms with E-state index in [0.29, 0.717) is 13.2 Å². The summed E-state index contributed by atoms with van der Waals surface area (Å²) >= 11 is 0. The molecule has 0 aromatic heterocycles. The van der Waals surface area contributed by atoms with Gasteiger partial charge in [0.15, 0.2) is 0 Å². The van der Waals surface area contributed by atoms with Crippen molar-refractivity contribution < 1.29 is 96.8 Å². The first-order valence-electron chi connectivity index (χ1n) is 8.64. The van der Waals surface area contributed by atoms with Gasteiger partial charge in [-0.25, -0.2) is 19.6 Å². The Kier molecular flexibility index (Phi) is 17.7. The van der Waals surface area contributed by atoms with Crippen LogP contribution in [0.5, 0.6) is 0 Å². The van der Waals surface area contributed by atoms with Gasteiger partial charge in [0.25, 0.3) is 0 Å². The van der Waals surface area contributed by atoms with E-state index in [9.17, 15) is 0 Å². The third kappa shape index (κ3) is 11.0. The van der Waals surface area contributed by atoms with Gasteiger partial charge in [-0.05, 0) is 38.8 Å². The average molecular weight is 654 g/mol. The minimum atomic E-state index is -0.519. The maximum Gasteiger partial charge on any atom is 0.123 e. The average Bonchev–Trinajstić information content (AvgIpc) is 2.56. The SMILES string of the molecule is [CH2-]CCCOOC(C)(C)c1ccc(C(C)(C)OOCCC[CH2-])cc1.[Tb].[Tb]. The maximum atomic E-state index is 5.55. The van der Waals surface area contributed by atoms with Crippen LogP contribution in [0, 0.1) is 91.1 Å². The first kappa shape index (κ1) is 29.8. The zero-order valence-electron chi connectivity index (χ0n) is 16.3. The quantitative estimate of drug-likeness (QED) is 0.133. The van der Waals surface area contributed by atoms with Crippen LogP contribution in [0.2, 0.25) is 0 Å². The van der Waals surface area contributed by atoms with Gasteiger partial charge in [0.05, 0.1) is 13.2 Å². The van der Waals surface area contributed by atoms with Crippen LogP contribution in [0.4, 0.5) is 0 Å². The van der Waals surface area contributed by atoms with Gasteiger partial charge < -0.3 is 13.8 Å². The Morgan fingerprint density at radius 3 is 1.27 bits per heavy atom. The van der Waals surface area contributed by atoms with Crippen molar-refractivity contribution in [2.45, 2.75) is 64.6 Å². The molecule has 1 aromatic carbocycles. The molecule has 4 nitrogen and oxygen atoms in total. The fourth-order valence-electron chi connectivity index (χ4n) is 2.07. The Labute approximate surface area is 221 Å². The Hall–Kier alpha value is 1.63. The summed E-state index contributed by atoms with van der Waals surface area (Å²) in [5.74, 6) is 0. The summed E-state index contributed by atoms with van der Waals surface area (Å²) in [6, 6.07) is 8.12. The van der Waals surface area contributed by atoms with Crippen LogP contribution in [0.15, 0.2) is 24.3 Å². The van der Waals surface area contributed by atoms with Gasteiger partial charge in [-0.2, -0.15) is 12.8 Å². The van der Waals surface area contributed by atoms with E-state index in [0.717, 1.165) is 36.8 Å². The predicted octanol–water partition coefficient (Wildman–Crippen LogP) is 5.28. The molecule has 0 aliphatic rings. The van der Waals surface area contributed by atoms with Crippen LogP contribution in [0.3, 0.4) is 0 Å². The van der Waals surface area contributed by atoms with E-state index in [-0.39, 0.29) is 77.2 Å². The fourth-order valence-corrected chi connectivity index (χ4v) is 2.07. The van der Waals surface area contributed by atoms with Gasteiger partial charge in [-0.15, -0.1) is 0 Å². The van der Waals surface area contributed by atoms with E-state index < -0.39 is 11.2 Å². The summed E-state index contributed by atoms with van der Waals surface area (Å²) < 4.78 is 0. The van der Waals surface area contributed by atoms with E-state index in [4.69, 9.17) is 19.6 Å². The summed E-state index contributed by atoms with van der Waals surface area (Å²) in [6.45, 7) is 16.6. The second kappa shape index (κ2) is 15.5. The number of rotatable bonds is 12. The molecule has 0 atom stereocenters. The molecule has 0 heterocycles. The Bertz CT molecular complexity index is 418. The number of hydrogen-bond donors (Lipinski definition) is 0. The normalized spacial score (nSPS) is 11.6. The van der Waals surface area contributed by atoms with E-state index >= 15 is 0 Å². The van der Waals surface area contributed by atoms with Crippen LogP contribution in [0.25, 0.3) is 0 Å². The van der Waals surface area contributed by atoms with Gasteiger partial charge >= 0.3 is 0 Å². The van der Waals surface area contributed by atoms with Crippen LogP contribution >= 0.6 is 0 Å². The van der Waals surface area contributed by atoms with Crippen molar-refractivity contribution in [1.82, 2.24) is 0 Å². The predicted molar refractivity (Wildman–Crippen MR) is 95.8 cm³/mol. The van der Waals surface area contributed by atoms with Crippen molar-refractivity contribution in [3.63, 3.8) is 0 Å². The summed E-state index contributed by atoms with van der Waals surface area (Å²) in [5, 5.41) is 0. The molecule has 0 amide bonds. The van der Waals surface area contributed by atoms with Gasteiger partial charge in [0, 0.05) is 77.2 Å². The number of hydrogen-bond acceptors (Lipinski definition) is 4. The van der Waals surface area contributed by atoms with E-state index in [1.807, 2.05) is 52.0 Å². The summed E-state index contributed by atoms with van der Waals surface area (Å²) in [4.78, 5) is 21.6. The second-order valence-electron chi connectivity index (χ2n) is 6.82. The molecule has 0 fully saturated rings. The van der Waals surface area contributed by atoms with Crippen LogP contribution in [0.1, 0.15) is 64.5 Å². The topological polar surface area (TPSA) is 36.9 Å². The zero-order chi connectivity index (χ0) is 18.1. The molecule has 0 saturated heterocycles. The third-order valence-electron chi connectivity index (χ3n) is 3.77. The maximum absolute atomic E-state index is 5.55. The third-order valence-corrected chi connectivity index (χ3v) is 3.77. The van der Waals surface area contributed by atoms with E-state index in [1.54, 1.807) is 0 Å². The molecular formula is C20H32O4Tb2-2. The standard InChI is InChI=1S/C20H32O4.2Tb/c1-7-9-15-21-23-19(3,4)17-11-13-18(14-12-17)20(5,6)24-22-16-10-8-2;;/h11-14H,1-2,7-10,15-16H2,3-6H3;;/q-2;;. The Balaban J connectivity index is 0. The molecule has 26 heavy (non-hydrogen) atoms. The Morgan fingerprint density at radius 2 is 1.00 bits per heavy atom. The molecule has 0 aliphatic heterocycles. The first-order valence-corrected chi connectivity index (χ1v) is 8.64. The van der Waals surface area contributed by atoms with Gasteiger partial charge in [0.1, 0.15) is 11.2 Å². The number of unbranched alkanes of at least 4 members (excludes halogenated alkanes) is 2. The minimum Gasteiger partial charge on any atom is -0.343 e. The first-order chi connectivity index (χ1) is 11.3. The summed E-state index contributed by atoms with van der Waals surface area (Å²) in [7, 11) is 0. The molecule has 6 heteroatoms. The van der Waals surface area contributed by atoms with E-state index in [1.165, 1.54) is 0 Å². The molecule has 1 aromatic rings. The minimum absolute atomic E-state index is 0. The molecular weight excluding hydrogens is 622 g/mol. The van der Waals surface area contributed by atoms with Gasteiger partial charge in [-0.1, -0.05) is 37.1 Å². The van der Waals surface area contributed by atoms with Crippen molar-refractivity contribution in [1.29, 1.82) is 0 Å². The molecule has 0 unspecified atom stereocenters. The molecule has 0 bridgehead atoms. The van der Waals surface area contributed by atoms with Crippen LogP contribution in [-0.4, -0.2) is 13.2 Å². The second-order valence-corrected chi connectivity index (χ2v) is 6.82. The largest absolute Gasteiger partial charge is 0.343 e. The molecule has 2 radical (unpaired) electrons. The van der Waals surface area contributed by atoms with Crippen molar-refractivity contribution in [2.24, 2.45) is 0 Å². The number of benzene rings is 1. The van der Waals surface area contributed by atoms with Crippen molar-refractivity contribution in [2.75, 3.05) is 13.2 Å². The molecule has 0 aliphatic carbocycles. The van der Waals surface area contributed by atoms with E-state index in [2.05, 4.69) is 13.8 Å². The Morgan fingerprint density at radius 1 is 0.692 bits per heavy atom. The molecule has 0 spiro atoms. The van der Waals surface area contributed by atoms with Crippen LogP contribution < -0.4 is 0 Å². The summed E-state index contributed by atoms with van der Waals surface area (Å²) in [5.41, 5.74) is 1.04. The molecule has 156 valence electrons. The monoisotopic (exact) mass is 654 g/mol.